The molecule has 0 N–H and O–H groups in total. The first kappa shape index (κ1) is 26.2. The van der Waals surface area contributed by atoms with E-state index in [1.807, 2.05) is 0 Å². The maximum atomic E-state index is 13.2. The molecule has 39 heavy (non-hydrogen) atoms. The molecule has 8 nitrogen and oxygen atoms in total. The first-order valence-electron chi connectivity index (χ1n) is 11.0. The maximum Gasteiger partial charge on any atom is 0.573 e. The average molecular weight is 560 g/mol. The molecule has 0 amide bonds. The maximum absolute atomic E-state index is 13.2. The molecule has 0 aliphatic carbocycles. The van der Waals surface area contributed by atoms with Gasteiger partial charge in [0.25, 0.3) is 6.43 Å². The largest absolute Gasteiger partial charge is 0.768 e. The van der Waals surface area contributed by atoms with Gasteiger partial charge in [-0.15, -0.1) is 18.3 Å². The first-order chi connectivity index (χ1) is 18.6. The van der Waals surface area contributed by atoms with Crippen molar-refractivity contribution in [3.63, 3.8) is 0 Å². The van der Waals surface area contributed by atoms with Crippen molar-refractivity contribution < 1.29 is 35.5 Å². The summed E-state index contributed by atoms with van der Waals surface area (Å²) in [5, 5.41) is 8.07. The van der Waals surface area contributed by atoms with Gasteiger partial charge < -0.3 is 13.9 Å². The van der Waals surface area contributed by atoms with Gasteiger partial charge in [-0.05, 0) is 70.7 Å². The number of rotatable bonds is 7. The van der Waals surface area contributed by atoms with Gasteiger partial charge in [-0.3, -0.25) is 4.21 Å². The molecule has 0 aliphatic heterocycles. The van der Waals surface area contributed by atoms with Crippen LogP contribution in [0, 0.1) is 0 Å². The molecule has 0 bridgehead atoms. The molecule has 5 rings (SSSR count). The van der Waals surface area contributed by atoms with Crippen LogP contribution in [-0.2, 0) is 11.1 Å². The number of halogens is 5. The van der Waals surface area contributed by atoms with Crippen LogP contribution in [-0.4, -0.2) is 39.7 Å². The summed E-state index contributed by atoms with van der Waals surface area (Å²) < 4.78 is 93.8. The summed E-state index contributed by atoms with van der Waals surface area (Å²) in [4.78, 5) is 3.81. The molecule has 5 aromatic rings. The summed E-state index contributed by atoms with van der Waals surface area (Å²) in [7, 11) is 0. The number of nitrogens with zero attached hydrogens (tertiary/aromatic N) is 5. The van der Waals surface area contributed by atoms with Gasteiger partial charge in [0.05, 0.1) is 29.6 Å². The minimum absolute atomic E-state index is 0.0666. The van der Waals surface area contributed by atoms with Gasteiger partial charge in [-0.25, -0.2) is 18.4 Å². The Labute approximate surface area is 219 Å². The summed E-state index contributed by atoms with van der Waals surface area (Å²) >= 11 is -2.46. The minimum atomic E-state index is -4.85. The highest BCUT2D eigenvalue weighted by Gasteiger charge is 2.31. The SMILES string of the molecule is O=S([O-])c1cccc(-c2ccc(-n3cnc(C(F)F)c3)c(-n3nncc3-c3ccc(OC(F)(F)F)cc3)c2)c1. The monoisotopic (exact) mass is 560 g/mol. The average Bonchev–Trinajstić information content (AvgIpc) is 3.59. The molecule has 0 radical (unpaired) electrons. The van der Waals surface area contributed by atoms with E-state index in [0.29, 0.717) is 33.8 Å². The van der Waals surface area contributed by atoms with E-state index >= 15 is 0 Å². The molecule has 3 aromatic carbocycles. The Bertz CT molecular complexity index is 1650. The summed E-state index contributed by atoms with van der Waals surface area (Å²) in [5.74, 6) is -0.415. The van der Waals surface area contributed by atoms with Crippen molar-refractivity contribution >= 4 is 11.1 Å². The van der Waals surface area contributed by atoms with Crippen molar-refractivity contribution in [2.24, 2.45) is 0 Å². The van der Waals surface area contributed by atoms with Crippen LogP contribution in [0.5, 0.6) is 5.75 Å². The third kappa shape index (κ3) is 5.71. The van der Waals surface area contributed by atoms with E-state index in [9.17, 15) is 30.7 Å². The standard InChI is InChI=1S/C25H16F5N5O3S/c26-24(27)20-13-34(14-31-20)21-9-6-17(16-2-1-3-19(10-16)39(36)37)11-22(21)35-23(12-32-33-35)15-4-7-18(8-5-15)38-25(28,29)30/h1-14,24H,(H,36,37)/p-1. The summed E-state index contributed by atoms with van der Waals surface area (Å²) in [6, 6.07) is 16.2. The van der Waals surface area contributed by atoms with Gasteiger partial charge in [-0.1, -0.05) is 23.4 Å². The lowest BCUT2D eigenvalue weighted by molar-refractivity contribution is -0.274. The Hall–Kier alpha value is -4.43. The van der Waals surface area contributed by atoms with Crippen molar-refractivity contribution in [2.75, 3.05) is 0 Å². The number of hydrogen-bond acceptors (Lipinski definition) is 6. The molecule has 0 spiro atoms. The lowest BCUT2D eigenvalue weighted by atomic mass is 10.0. The molecular weight excluding hydrogens is 545 g/mol. The van der Waals surface area contributed by atoms with E-state index < -0.39 is 35.3 Å². The molecular formula is C25H15F5N5O3S-. The van der Waals surface area contributed by atoms with E-state index in [0.717, 1.165) is 18.3 Å². The van der Waals surface area contributed by atoms with Crippen LogP contribution in [0.3, 0.4) is 0 Å². The second-order valence-corrected chi connectivity index (χ2v) is 9.02. The van der Waals surface area contributed by atoms with Gasteiger partial charge in [-0.2, -0.15) is 0 Å². The van der Waals surface area contributed by atoms with Crippen LogP contribution in [0.15, 0.2) is 90.3 Å². The first-order valence-corrected chi connectivity index (χ1v) is 12.1. The Morgan fingerprint density at radius 3 is 2.31 bits per heavy atom. The molecule has 0 saturated heterocycles. The van der Waals surface area contributed by atoms with Gasteiger partial charge in [0, 0.05) is 16.7 Å². The van der Waals surface area contributed by atoms with Crippen LogP contribution >= 0.6 is 0 Å². The molecule has 0 fully saturated rings. The highest BCUT2D eigenvalue weighted by Crippen LogP contribution is 2.32. The Morgan fingerprint density at radius 1 is 0.923 bits per heavy atom. The molecule has 0 saturated carbocycles. The number of aromatic nitrogens is 5. The third-order valence-electron chi connectivity index (χ3n) is 5.60. The molecule has 200 valence electrons. The fourth-order valence-corrected chi connectivity index (χ4v) is 4.30. The number of alkyl halides is 5. The third-order valence-corrected chi connectivity index (χ3v) is 6.24. The lowest BCUT2D eigenvalue weighted by Gasteiger charge is -2.15. The zero-order chi connectivity index (χ0) is 27.7. The van der Waals surface area contributed by atoms with Gasteiger partial charge in [0.1, 0.15) is 11.4 Å². The van der Waals surface area contributed by atoms with E-state index in [1.54, 1.807) is 30.3 Å². The highest BCUT2D eigenvalue weighted by atomic mass is 32.2. The number of hydrogen-bond donors (Lipinski definition) is 0. The van der Waals surface area contributed by atoms with Crippen LogP contribution in [0.2, 0.25) is 0 Å². The topological polar surface area (TPSA) is 97.9 Å². The van der Waals surface area contributed by atoms with E-state index in [4.69, 9.17) is 0 Å². The van der Waals surface area contributed by atoms with Gasteiger partial charge >= 0.3 is 6.36 Å². The normalized spacial score (nSPS) is 12.6. The molecule has 1 atom stereocenters. The quantitative estimate of drug-likeness (QED) is 0.183. The van der Waals surface area contributed by atoms with Crippen molar-refractivity contribution in [1.29, 1.82) is 0 Å². The van der Waals surface area contributed by atoms with E-state index in [1.165, 1.54) is 46.0 Å². The van der Waals surface area contributed by atoms with Gasteiger partial charge in [0.2, 0.25) is 0 Å². The fraction of sp³-hybridized carbons (Fsp3) is 0.0800. The number of imidazole rings is 1. The summed E-state index contributed by atoms with van der Waals surface area (Å²) in [6.45, 7) is 0. The van der Waals surface area contributed by atoms with Crippen molar-refractivity contribution in [3.8, 4) is 39.5 Å². The summed E-state index contributed by atoms with van der Waals surface area (Å²) in [6.07, 6.45) is -3.90. The van der Waals surface area contributed by atoms with Crippen LogP contribution in [0.1, 0.15) is 12.1 Å². The van der Waals surface area contributed by atoms with Crippen LogP contribution in [0.4, 0.5) is 22.0 Å². The molecule has 0 aliphatic rings. The molecule has 14 heteroatoms. The van der Waals surface area contributed by atoms with Crippen LogP contribution < -0.4 is 4.74 Å². The zero-order valence-electron chi connectivity index (χ0n) is 19.4. The minimum Gasteiger partial charge on any atom is -0.768 e. The molecule has 1 unspecified atom stereocenters. The predicted molar refractivity (Wildman–Crippen MR) is 128 cm³/mol. The van der Waals surface area contributed by atoms with E-state index in [2.05, 4.69) is 20.0 Å². The second-order valence-electron chi connectivity index (χ2n) is 8.08. The summed E-state index contributed by atoms with van der Waals surface area (Å²) in [5.41, 5.74) is 2.22. The van der Waals surface area contributed by atoms with Crippen molar-refractivity contribution in [2.45, 2.75) is 17.7 Å². The number of ether oxygens (including phenoxy) is 1. The second kappa shape index (κ2) is 10.4. The van der Waals surface area contributed by atoms with Crippen molar-refractivity contribution in [1.82, 2.24) is 24.5 Å². The van der Waals surface area contributed by atoms with E-state index in [-0.39, 0.29) is 4.90 Å². The molecule has 2 aromatic heterocycles. The van der Waals surface area contributed by atoms with Gasteiger partial charge in [0.15, 0.2) is 0 Å². The molecule has 2 heterocycles. The Morgan fingerprint density at radius 2 is 1.64 bits per heavy atom. The fourth-order valence-electron chi connectivity index (χ4n) is 3.89. The Kier molecular flexibility index (Phi) is 6.97. The predicted octanol–water partition coefficient (Wildman–Crippen LogP) is 5.86. The zero-order valence-corrected chi connectivity index (χ0v) is 20.2. The van der Waals surface area contributed by atoms with Crippen molar-refractivity contribution in [3.05, 3.63) is 91.1 Å². The smallest absolute Gasteiger partial charge is 0.573 e. The Balaban J connectivity index is 1.64. The number of benzene rings is 3. The highest BCUT2D eigenvalue weighted by molar-refractivity contribution is 7.79. The van der Waals surface area contributed by atoms with Crippen LogP contribution in [0.25, 0.3) is 33.8 Å². The lowest BCUT2D eigenvalue weighted by Crippen LogP contribution is -2.16.